The summed E-state index contributed by atoms with van der Waals surface area (Å²) >= 11 is 0. The summed E-state index contributed by atoms with van der Waals surface area (Å²) in [5.41, 5.74) is 0.630. The fourth-order valence-electron chi connectivity index (χ4n) is 1.99. The minimum atomic E-state index is -0.760. The van der Waals surface area contributed by atoms with E-state index in [0.29, 0.717) is 48.6 Å². The third kappa shape index (κ3) is 3.73. The molecular formula is C13H20FN3OS. The molecule has 0 unspecified atom stereocenters. The molecule has 1 N–H and O–H groups in total. The van der Waals surface area contributed by atoms with E-state index in [2.05, 4.69) is 10.3 Å². The SMILES string of the molecule is CC(C)NCc1ccnc(N2CCS(=O)CC2)c1F. The van der Waals surface area contributed by atoms with Crippen LogP contribution in [-0.4, -0.2) is 39.8 Å². The van der Waals surface area contributed by atoms with Crippen LogP contribution in [0.2, 0.25) is 0 Å². The third-order valence-corrected chi connectivity index (χ3v) is 4.40. The standard InChI is InChI=1S/C13H20FN3OS/c1-10(2)16-9-11-3-4-15-13(12(11)14)17-5-7-19(18)8-6-17/h3-4,10,16H,5-9H2,1-2H3. The number of anilines is 1. The van der Waals surface area contributed by atoms with Gasteiger partial charge in [-0.1, -0.05) is 13.8 Å². The van der Waals surface area contributed by atoms with E-state index in [-0.39, 0.29) is 5.82 Å². The Balaban J connectivity index is 2.12. The lowest BCUT2D eigenvalue weighted by Crippen LogP contribution is -2.39. The van der Waals surface area contributed by atoms with Gasteiger partial charge >= 0.3 is 0 Å². The average molecular weight is 285 g/mol. The van der Waals surface area contributed by atoms with Gasteiger partial charge < -0.3 is 10.2 Å². The van der Waals surface area contributed by atoms with Crippen molar-refractivity contribution in [2.24, 2.45) is 0 Å². The molecule has 0 aromatic carbocycles. The molecule has 1 aliphatic rings. The van der Waals surface area contributed by atoms with Gasteiger partial charge in [0.1, 0.15) is 0 Å². The van der Waals surface area contributed by atoms with E-state index in [1.165, 1.54) is 0 Å². The van der Waals surface area contributed by atoms with Crippen molar-refractivity contribution in [3.8, 4) is 0 Å². The van der Waals surface area contributed by atoms with Gasteiger partial charge in [-0.15, -0.1) is 0 Å². The van der Waals surface area contributed by atoms with E-state index < -0.39 is 10.8 Å². The molecule has 2 heterocycles. The zero-order chi connectivity index (χ0) is 13.8. The lowest BCUT2D eigenvalue weighted by atomic mass is 10.2. The third-order valence-electron chi connectivity index (χ3n) is 3.13. The van der Waals surface area contributed by atoms with Crippen molar-refractivity contribution in [1.29, 1.82) is 0 Å². The Morgan fingerprint density at radius 2 is 2.16 bits per heavy atom. The molecule has 1 aliphatic heterocycles. The van der Waals surface area contributed by atoms with Gasteiger partial charge in [-0.2, -0.15) is 0 Å². The van der Waals surface area contributed by atoms with Crippen LogP contribution in [0.5, 0.6) is 0 Å². The van der Waals surface area contributed by atoms with Crippen molar-refractivity contribution in [3.63, 3.8) is 0 Å². The van der Waals surface area contributed by atoms with Crippen molar-refractivity contribution >= 4 is 16.6 Å². The molecule has 0 radical (unpaired) electrons. The van der Waals surface area contributed by atoms with Gasteiger partial charge in [0.2, 0.25) is 0 Å². The zero-order valence-electron chi connectivity index (χ0n) is 11.4. The molecule has 1 aromatic heterocycles. The van der Waals surface area contributed by atoms with Crippen LogP contribution in [0.3, 0.4) is 0 Å². The van der Waals surface area contributed by atoms with Crippen LogP contribution in [-0.2, 0) is 17.3 Å². The first kappa shape index (κ1) is 14.4. The summed E-state index contributed by atoms with van der Waals surface area (Å²) < 4.78 is 25.7. The molecule has 106 valence electrons. The number of pyridine rings is 1. The Kier molecular flexibility index (Phi) is 4.87. The molecule has 1 fully saturated rings. The molecule has 0 saturated carbocycles. The number of hydrogen-bond donors (Lipinski definition) is 1. The van der Waals surface area contributed by atoms with Crippen LogP contribution in [0, 0.1) is 5.82 Å². The van der Waals surface area contributed by atoms with Crippen LogP contribution in [0.1, 0.15) is 19.4 Å². The first-order valence-electron chi connectivity index (χ1n) is 6.54. The van der Waals surface area contributed by atoms with E-state index in [4.69, 9.17) is 0 Å². The highest BCUT2D eigenvalue weighted by Crippen LogP contribution is 2.20. The van der Waals surface area contributed by atoms with Gasteiger partial charge in [-0.3, -0.25) is 4.21 Å². The number of nitrogens with zero attached hydrogens (tertiary/aromatic N) is 2. The van der Waals surface area contributed by atoms with E-state index in [0.717, 1.165) is 0 Å². The number of hydrogen-bond acceptors (Lipinski definition) is 4. The van der Waals surface area contributed by atoms with Crippen LogP contribution in [0.15, 0.2) is 12.3 Å². The van der Waals surface area contributed by atoms with Crippen LogP contribution in [0.4, 0.5) is 10.2 Å². The molecule has 0 amide bonds. The molecule has 0 bridgehead atoms. The lowest BCUT2D eigenvalue weighted by Gasteiger charge is -2.28. The van der Waals surface area contributed by atoms with Crippen molar-refractivity contribution < 1.29 is 8.60 Å². The molecule has 1 saturated heterocycles. The molecule has 4 nitrogen and oxygen atoms in total. The summed E-state index contributed by atoms with van der Waals surface area (Å²) in [7, 11) is -0.760. The second kappa shape index (κ2) is 6.43. The zero-order valence-corrected chi connectivity index (χ0v) is 12.2. The second-order valence-corrected chi connectivity index (χ2v) is 6.67. The largest absolute Gasteiger partial charge is 0.352 e. The molecule has 0 aliphatic carbocycles. The van der Waals surface area contributed by atoms with Gasteiger partial charge in [0.05, 0.1) is 0 Å². The number of aromatic nitrogens is 1. The topological polar surface area (TPSA) is 45.2 Å². The van der Waals surface area contributed by atoms with Crippen molar-refractivity contribution in [2.75, 3.05) is 29.5 Å². The normalized spacial score (nSPS) is 17.2. The van der Waals surface area contributed by atoms with Gasteiger partial charge in [-0.25, -0.2) is 9.37 Å². The molecule has 19 heavy (non-hydrogen) atoms. The Morgan fingerprint density at radius 1 is 1.47 bits per heavy atom. The van der Waals surface area contributed by atoms with Crippen LogP contribution in [0.25, 0.3) is 0 Å². The maximum Gasteiger partial charge on any atom is 0.170 e. The number of halogens is 1. The highest BCUT2D eigenvalue weighted by atomic mass is 32.2. The molecule has 0 spiro atoms. The second-order valence-electron chi connectivity index (χ2n) is 4.98. The van der Waals surface area contributed by atoms with E-state index in [9.17, 15) is 8.60 Å². The minimum Gasteiger partial charge on any atom is -0.352 e. The lowest BCUT2D eigenvalue weighted by molar-refractivity contribution is 0.547. The van der Waals surface area contributed by atoms with Gasteiger partial charge in [0.15, 0.2) is 11.6 Å². The fraction of sp³-hybridized carbons (Fsp3) is 0.615. The Bertz CT molecular complexity index is 457. The quantitative estimate of drug-likeness (QED) is 0.905. The van der Waals surface area contributed by atoms with E-state index >= 15 is 0 Å². The summed E-state index contributed by atoms with van der Waals surface area (Å²) in [6, 6.07) is 2.02. The molecule has 0 atom stereocenters. The van der Waals surface area contributed by atoms with Crippen LogP contribution >= 0.6 is 0 Å². The minimum absolute atomic E-state index is 0.261. The average Bonchev–Trinajstić information content (AvgIpc) is 2.39. The molecular weight excluding hydrogens is 265 g/mol. The first-order chi connectivity index (χ1) is 9.08. The van der Waals surface area contributed by atoms with E-state index in [1.54, 1.807) is 12.3 Å². The fourth-order valence-corrected chi connectivity index (χ4v) is 3.04. The Hall–Kier alpha value is -1.01. The molecule has 1 aromatic rings. The summed E-state index contributed by atoms with van der Waals surface area (Å²) in [6.45, 7) is 5.77. The monoisotopic (exact) mass is 285 g/mol. The summed E-state index contributed by atoms with van der Waals surface area (Å²) in [5.74, 6) is 1.31. The van der Waals surface area contributed by atoms with Gasteiger partial charge in [-0.05, 0) is 6.07 Å². The summed E-state index contributed by atoms with van der Waals surface area (Å²) in [5, 5.41) is 3.20. The Morgan fingerprint density at radius 3 is 2.79 bits per heavy atom. The maximum atomic E-state index is 14.4. The highest BCUT2D eigenvalue weighted by molar-refractivity contribution is 7.85. The highest BCUT2D eigenvalue weighted by Gasteiger charge is 2.20. The summed E-state index contributed by atoms with van der Waals surface area (Å²) in [6.07, 6.45) is 1.64. The predicted molar refractivity (Wildman–Crippen MR) is 76.3 cm³/mol. The smallest absolute Gasteiger partial charge is 0.170 e. The molecule has 6 heteroatoms. The Labute approximate surface area is 115 Å². The number of nitrogens with one attached hydrogen (secondary N) is 1. The van der Waals surface area contributed by atoms with Crippen molar-refractivity contribution in [3.05, 3.63) is 23.6 Å². The van der Waals surface area contributed by atoms with E-state index in [1.807, 2.05) is 18.7 Å². The molecule has 2 rings (SSSR count). The van der Waals surface area contributed by atoms with Crippen molar-refractivity contribution in [2.45, 2.75) is 26.4 Å². The number of rotatable bonds is 4. The van der Waals surface area contributed by atoms with Crippen LogP contribution < -0.4 is 10.2 Å². The maximum absolute atomic E-state index is 14.4. The van der Waals surface area contributed by atoms with Gasteiger partial charge in [0, 0.05) is 59.7 Å². The predicted octanol–water partition coefficient (Wildman–Crippen LogP) is 1.29. The van der Waals surface area contributed by atoms with Gasteiger partial charge in [0.25, 0.3) is 0 Å². The van der Waals surface area contributed by atoms with Crippen molar-refractivity contribution in [1.82, 2.24) is 10.3 Å². The summed E-state index contributed by atoms with van der Waals surface area (Å²) in [4.78, 5) is 6.02. The first-order valence-corrected chi connectivity index (χ1v) is 8.03.